The molecule has 2 aromatic heterocycles. The summed E-state index contributed by atoms with van der Waals surface area (Å²) in [6, 6.07) is 3.63. The van der Waals surface area contributed by atoms with Gasteiger partial charge < -0.3 is 10.1 Å². The predicted molar refractivity (Wildman–Crippen MR) is 111 cm³/mol. The minimum Gasteiger partial charge on any atom is -0.446 e. The zero-order valence-corrected chi connectivity index (χ0v) is 17.4. The summed E-state index contributed by atoms with van der Waals surface area (Å²) in [5, 5.41) is 15.9. The van der Waals surface area contributed by atoms with Gasteiger partial charge in [-0.05, 0) is 37.7 Å². The Kier molecular flexibility index (Phi) is 6.35. The number of hydrogen-bond donors (Lipinski definition) is 2. The molecule has 0 spiro atoms. The second-order valence-corrected chi connectivity index (χ2v) is 8.25. The summed E-state index contributed by atoms with van der Waals surface area (Å²) in [4.78, 5) is 25.9. The molecule has 0 saturated heterocycles. The average Bonchev–Trinajstić information content (AvgIpc) is 3.42. The molecule has 2 heterocycles. The van der Waals surface area contributed by atoms with E-state index in [0.29, 0.717) is 24.7 Å². The number of alkyl carbamates (subject to hydrolysis) is 1. The number of anilines is 1. The first-order valence-electron chi connectivity index (χ1n) is 11.0. The third-order valence-corrected chi connectivity index (χ3v) is 6.10. The smallest absolute Gasteiger partial charge is 0.407 e. The number of rotatable bonds is 7. The van der Waals surface area contributed by atoms with E-state index in [2.05, 4.69) is 20.6 Å². The fraction of sp³-hybridized carbons (Fsp3) is 0.619. The van der Waals surface area contributed by atoms with Gasteiger partial charge in [0.25, 0.3) is 0 Å². The van der Waals surface area contributed by atoms with E-state index in [1.54, 1.807) is 25.4 Å². The lowest BCUT2D eigenvalue weighted by Crippen LogP contribution is -2.38. The lowest BCUT2D eigenvalue weighted by molar-refractivity contribution is -0.119. The van der Waals surface area contributed by atoms with E-state index in [0.717, 1.165) is 18.5 Å². The Bertz CT molecular complexity index is 837. The quantitative estimate of drug-likeness (QED) is 0.723. The van der Waals surface area contributed by atoms with Crippen molar-refractivity contribution in [3.05, 3.63) is 30.2 Å². The highest BCUT2D eigenvalue weighted by Crippen LogP contribution is 2.39. The summed E-state index contributed by atoms with van der Waals surface area (Å²) >= 11 is 0. The molecule has 4 rings (SSSR count). The summed E-state index contributed by atoms with van der Waals surface area (Å²) in [5.41, 5.74) is 0.938. The maximum Gasteiger partial charge on any atom is 0.407 e. The van der Waals surface area contributed by atoms with Crippen molar-refractivity contribution in [2.45, 2.75) is 70.3 Å². The molecule has 0 bridgehead atoms. The summed E-state index contributed by atoms with van der Waals surface area (Å²) in [6.45, 7) is 2.52. The molecule has 2 amide bonds. The van der Waals surface area contributed by atoms with Crippen LogP contribution < -0.4 is 10.3 Å². The van der Waals surface area contributed by atoms with E-state index in [9.17, 15) is 9.59 Å². The summed E-state index contributed by atoms with van der Waals surface area (Å²) in [6.07, 6.45) is 11.0. The van der Waals surface area contributed by atoms with Gasteiger partial charge >= 0.3 is 6.09 Å². The number of carbonyl (C=O) groups is 2. The SMILES string of the molecule is CCC(=O)N(c1cc(C2CC(OC(=O)NCC3CCCCC3)C2)[nH]n1)n1cccn1. The van der Waals surface area contributed by atoms with Crippen molar-refractivity contribution in [1.29, 1.82) is 0 Å². The number of carbonyl (C=O) groups excluding carboxylic acids is 2. The Balaban J connectivity index is 1.26. The van der Waals surface area contributed by atoms with Crippen LogP contribution in [0.15, 0.2) is 24.5 Å². The maximum absolute atomic E-state index is 12.4. The van der Waals surface area contributed by atoms with Crippen LogP contribution in [0, 0.1) is 5.92 Å². The van der Waals surface area contributed by atoms with Gasteiger partial charge in [0.05, 0.1) is 6.20 Å². The second-order valence-electron chi connectivity index (χ2n) is 8.25. The highest BCUT2D eigenvalue weighted by atomic mass is 16.6. The molecule has 2 saturated carbocycles. The van der Waals surface area contributed by atoms with Crippen molar-refractivity contribution in [3.8, 4) is 0 Å². The normalized spacial score (nSPS) is 21.6. The fourth-order valence-corrected chi connectivity index (χ4v) is 4.25. The van der Waals surface area contributed by atoms with E-state index >= 15 is 0 Å². The van der Waals surface area contributed by atoms with E-state index in [1.807, 2.05) is 6.07 Å². The number of ether oxygens (including phenoxy) is 1. The fourth-order valence-electron chi connectivity index (χ4n) is 4.25. The first-order chi connectivity index (χ1) is 14.6. The van der Waals surface area contributed by atoms with Crippen LogP contribution in [0.2, 0.25) is 0 Å². The Morgan fingerprint density at radius 2 is 2.10 bits per heavy atom. The molecular formula is C21H30N6O3. The molecule has 2 aliphatic rings. The Morgan fingerprint density at radius 3 is 2.80 bits per heavy atom. The monoisotopic (exact) mass is 414 g/mol. The molecule has 0 radical (unpaired) electrons. The van der Waals surface area contributed by atoms with Gasteiger partial charge in [-0.2, -0.15) is 20.0 Å². The van der Waals surface area contributed by atoms with Crippen molar-refractivity contribution in [2.75, 3.05) is 11.6 Å². The molecule has 9 nitrogen and oxygen atoms in total. The van der Waals surface area contributed by atoms with Crippen LogP contribution in [-0.2, 0) is 9.53 Å². The number of hydrogen-bond acceptors (Lipinski definition) is 5. The van der Waals surface area contributed by atoms with Crippen molar-refractivity contribution in [1.82, 2.24) is 25.4 Å². The highest BCUT2D eigenvalue weighted by molar-refractivity contribution is 5.91. The summed E-state index contributed by atoms with van der Waals surface area (Å²) in [5.74, 6) is 1.24. The number of amides is 2. The standard InChI is InChI=1S/C21H30N6O3/c1-2-20(28)27(26-10-6-9-23-26)19-13-18(24-25-19)16-11-17(12-16)30-21(29)22-14-15-7-4-3-5-8-15/h6,9-10,13,15-17H,2-5,7-8,11-12,14H2,1H3,(H,22,29)(H,24,25). The van der Waals surface area contributed by atoms with Gasteiger partial charge in [-0.25, -0.2) is 4.79 Å². The zero-order chi connectivity index (χ0) is 20.9. The first-order valence-corrected chi connectivity index (χ1v) is 11.0. The van der Waals surface area contributed by atoms with E-state index in [-0.39, 0.29) is 24.0 Å². The maximum atomic E-state index is 12.4. The molecule has 162 valence electrons. The Labute approximate surface area is 176 Å². The third kappa shape index (κ3) is 4.66. The first kappa shape index (κ1) is 20.4. The third-order valence-electron chi connectivity index (χ3n) is 6.10. The molecule has 2 aromatic rings. The number of H-pyrrole nitrogens is 1. The van der Waals surface area contributed by atoms with Crippen LogP contribution in [0.3, 0.4) is 0 Å². The largest absolute Gasteiger partial charge is 0.446 e. The van der Waals surface area contributed by atoms with Gasteiger partial charge in [0.2, 0.25) is 5.91 Å². The number of nitrogens with one attached hydrogen (secondary N) is 2. The van der Waals surface area contributed by atoms with Gasteiger partial charge in [-0.1, -0.05) is 26.2 Å². The molecular weight excluding hydrogens is 384 g/mol. The summed E-state index contributed by atoms with van der Waals surface area (Å²) in [7, 11) is 0. The number of aromatic amines is 1. The van der Waals surface area contributed by atoms with Crippen LogP contribution in [0.1, 0.15) is 69.9 Å². The van der Waals surface area contributed by atoms with Crippen LogP contribution in [0.4, 0.5) is 10.6 Å². The van der Waals surface area contributed by atoms with Gasteiger partial charge in [-0.3, -0.25) is 9.89 Å². The van der Waals surface area contributed by atoms with E-state index < -0.39 is 0 Å². The van der Waals surface area contributed by atoms with Crippen LogP contribution >= 0.6 is 0 Å². The van der Waals surface area contributed by atoms with Crippen LogP contribution in [-0.4, -0.2) is 44.7 Å². The molecule has 0 unspecified atom stereocenters. The van der Waals surface area contributed by atoms with E-state index in [1.165, 1.54) is 41.9 Å². The number of aromatic nitrogens is 4. The summed E-state index contributed by atoms with van der Waals surface area (Å²) < 4.78 is 5.53. The van der Waals surface area contributed by atoms with Crippen LogP contribution in [0.5, 0.6) is 0 Å². The molecule has 0 aliphatic heterocycles. The molecule has 2 aliphatic carbocycles. The lowest BCUT2D eigenvalue weighted by atomic mass is 9.80. The molecule has 9 heteroatoms. The van der Waals surface area contributed by atoms with Crippen molar-refractivity contribution < 1.29 is 14.3 Å². The topological polar surface area (TPSA) is 105 Å². The average molecular weight is 415 g/mol. The minimum atomic E-state index is -0.312. The molecule has 0 aromatic carbocycles. The zero-order valence-electron chi connectivity index (χ0n) is 17.4. The molecule has 2 N–H and O–H groups in total. The van der Waals surface area contributed by atoms with Crippen molar-refractivity contribution in [2.24, 2.45) is 5.92 Å². The molecule has 2 fully saturated rings. The van der Waals surface area contributed by atoms with Crippen molar-refractivity contribution in [3.63, 3.8) is 0 Å². The lowest BCUT2D eigenvalue weighted by Gasteiger charge is -2.34. The van der Waals surface area contributed by atoms with Gasteiger partial charge in [0, 0.05) is 36.8 Å². The Hall–Kier alpha value is -2.84. The van der Waals surface area contributed by atoms with Gasteiger partial charge in [0.1, 0.15) is 6.10 Å². The van der Waals surface area contributed by atoms with Gasteiger partial charge in [0.15, 0.2) is 5.82 Å². The predicted octanol–water partition coefficient (Wildman–Crippen LogP) is 3.37. The molecule has 30 heavy (non-hydrogen) atoms. The van der Waals surface area contributed by atoms with E-state index in [4.69, 9.17) is 4.74 Å². The highest BCUT2D eigenvalue weighted by Gasteiger charge is 2.35. The molecule has 0 atom stereocenters. The Morgan fingerprint density at radius 1 is 1.30 bits per heavy atom. The number of nitrogens with zero attached hydrogens (tertiary/aromatic N) is 4. The van der Waals surface area contributed by atoms with Crippen LogP contribution in [0.25, 0.3) is 0 Å². The second kappa shape index (κ2) is 9.32. The van der Waals surface area contributed by atoms with Crippen molar-refractivity contribution >= 4 is 17.8 Å². The minimum absolute atomic E-state index is 0.0763. The van der Waals surface area contributed by atoms with Gasteiger partial charge in [-0.15, -0.1) is 0 Å².